The number of ketones is 1. The first-order valence-corrected chi connectivity index (χ1v) is 5.90. The summed E-state index contributed by atoms with van der Waals surface area (Å²) in [7, 11) is 0. The normalized spacial score (nSPS) is 20.6. The first kappa shape index (κ1) is 10.5. The van der Waals surface area contributed by atoms with E-state index in [1.54, 1.807) is 12.4 Å². The average molecular weight is 230 g/mol. The lowest BCUT2D eigenvalue weighted by Gasteiger charge is -2.20. The Morgan fingerprint density at radius 1 is 1.53 bits per heavy atom. The van der Waals surface area contributed by atoms with Crippen LogP contribution < -0.4 is 0 Å². The molecular formula is C13H14N2O2. The molecule has 0 amide bonds. The number of H-pyrrole nitrogens is 1. The van der Waals surface area contributed by atoms with E-state index in [0.29, 0.717) is 6.61 Å². The first-order valence-electron chi connectivity index (χ1n) is 5.90. The second-order valence-electron chi connectivity index (χ2n) is 4.38. The van der Waals surface area contributed by atoms with E-state index in [1.165, 1.54) is 0 Å². The van der Waals surface area contributed by atoms with E-state index in [9.17, 15) is 4.79 Å². The van der Waals surface area contributed by atoms with Crippen LogP contribution in [-0.2, 0) is 4.74 Å². The highest BCUT2D eigenvalue weighted by Crippen LogP contribution is 2.23. The highest BCUT2D eigenvalue weighted by atomic mass is 16.5. The van der Waals surface area contributed by atoms with Crippen molar-refractivity contribution in [2.45, 2.75) is 12.8 Å². The lowest BCUT2D eigenvalue weighted by Crippen LogP contribution is -2.25. The predicted molar refractivity (Wildman–Crippen MR) is 64.0 cm³/mol. The molecule has 1 saturated heterocycles. The number of Topliss-reactive ketones (excluding diaryl/α,β-unsaturated/α-hetero) is 1. The molecule has 3 rings (SSSR count). The van der Waals surface area contributed by atoms with E-state index >= 15 is 0 Å². The summed E-state index contributed by atoms with van der Waals surface area (Å²) in [5.41, 5.74) is 1.51. The van der Waals surface area contributed by atoms with Crippen LogP contribution in [0.5, 0.6) is 0 Å². The largest absolute Gasteiger partial charge is 0.381 e. The van der Waals surface area contributed by atoms with Crippen molar-refractivity contribution in [2.75, 3.05) is 13.2 Å². The maximum Gasteiger partial charge on any atom is 0.170 e. The SMILES string of the molecule is O=C(c1c[nH]c2ncccc12)C1CCCOC1. The number of hydrogen-bond acceptors (Lipinski definition) is 3. The molecule has 3 heterocycles. The van der Waals surface area contributed by atoms with Crippen LogP contribution in [0.3, 0.4) is 0 Å². The van der Waals surface area contributed by atoms with E-state index in [0.717, 1.165) is 36.0 Å². The third-order valence-corrected chi connectivity index (χ3v) is 3.25. The highest BCUT2D eigenvalue weighted by molar-refractivity contribution is 6.08. The number of rotatable bonds is 2. The molecular weight excluding hydrogens is 216 g/mol. The second kappa shape index (κ2) is 4.30. The number of pyridine rings is 1. The summed E-state index contributed by atoms with van der Waals surface area (Å²) in [6, 6.07) is 3.78. The summed E-state index contributed by atoms with van der Waals surface area (Å²) in [5.74, 6) is 0.173. The van der Waals surface area contributed by atoms with Crippen molar-refractivity contribution >= 4 is 16.8 Å². The molecule has 1 aliphatic rings. The Morgan fingerprint density at radius 2 is 2.47 bits per heavy atom. The summed E-state index contributed by atoms with van der Waals surface area (Å²) < 4.78 is 5.37. The number of carbonyl (C=O) groups is 1. The fraction of sp³-hybridized carbons (Fsp3) is 0.385. The van der Waals surface area contributed by atoms with Crippen molar-refractivity contribution in [1.29, 1.82) is 0 Å². The molecule has 4 heteroatoms. The molecule has 88 valence electrons. The van der Waals surface area contributed by atoms with Gasteiger partial charge in [0.2, 0.25) is 0 Å². The van der Waals surface area contributed by atoms with Crippen LogP contribution in [0, 0.1) is 5.92 Å². The van der Waals surface area contributed by atoms with E-state index in [1.807, 2.05) is 12.1 Å². The third-order valence-electron chi connectivity index (χ3n) is 3.25. The second-order valence-corrected chi connectivity index (χ2v) is 4.38. The quantitative estimate of drug-likeness (QED) is 0.804. The number of fused-ring (bicyclic) bond motifs is 1. The molecule has 1 unspecified atom stereocenters. The van der Waals surface area contributed by atoms with Gasteiger partial charge < -0.3 is 9.72 Å². The van der Waals surface area contributed by atoms with Gasteiger partial charge in [0.25, 0.3) is 0 Å². The Balaban J connectivity index is 1.95. The number of nitrogens with one attached hydrogen (secondary N) is 1. The van der Waals surface area contributed by atoms with Gasteiger partial charge in [-0.3, -0.25) is 4.79 Å². The standard InChI is InChI=1S/C13H14N2O2/c16-12(9-3-2-6-17-8-9)11-7-15-13-10(11)4-1-5-14-13/h1,4-5,7,9H,2-3,6,8H2,(H,14,15). The van der Waals surface area contributed by atoms with Crippen LogP contribution in [0.15, 0.2) is 24.5 Å². The van der Waals surface area contributed by atoms with Crippen LogP contribution in [0.4, 0.5) is 0 Å². The molecule has 1 atom stereocenters. The van der Waals surface area contributed by atoms with Gasteiger partial charge >= 0.3 is 0 Å². The number of aromatic amines is 1. The number of ether oxygens (including phenoxy) is 1. The highest BCUT2D eigenvalue weighted by Gasteiger charge is 2.24. The maximum atomic E-state index is 12.3. The molecule has 1 N–H and O–H groups in total. The summed E-state index contributed by atoms with van der Waals surface area (Å²) in [4.78, 5) is 19.6. The Kier molecular flexibility index (Phi) is 2.65. The van der Waals surface area contributed by atoms with Crippen molar-refractivity contribution in [3.05, 3.63) is 30.1 Å². The van der Waals surface area contributed by atoms with Gasteiger partial charge in [0, 0.05) is 35.9 Å². The molecule has 0 aliphatic carbocycles. The van der Waals surface area contributed by atoms with Crippen LogP contribution in [0.2, 0.25) is 0 Å². The van der Waals surface area contributed by atoms with Gasteiger partial charge in [0.05, 0.1) is 6.61 Å². The van der Waals surface area contributed by atoms with E-state index < -0.39 is 0 Å². The van der Waals surface area contributed by atoms with Crippen LogP contribution >= 0.6 is 0 Å². The fourth-order valence-electron chi connectivity index (χ4n) is 2.33. The molecule has 4 nitrogen and oxygen atoms in total. The zero-order valence-corrected chi connectivity index (χ0v) is 9.48. The van der Waals surface area contributed by atoms with Crippen molar-refractivity contribution in [2.24, 2.45) is 5.92 Å². The minimum atomic E-state index is 0.00274. The van der Waals surface area contributed by atoms with Crippen molar-refractivity contribution < 1.29 is 9.53 Å². The lowest BCUT2D eigenvalue weighted by atomic mass is 9.93. The Hall–Kier alpha value is -1.68. The molecule has 17 heavy (non-hydrogen) atoms. The van der Waals surface area contributed by atoms with Crippen LogP contribution in [0.25, 0.3) is 11.0 Å². The Morgan fingerprint density at radius 3 is 3.29 bits per heavy atom. The number of aromatic nitrogens is 2. The minimum absolute atomic E-state index is 0.00274. The first-order chi connectivity index (χ1) is 8.36. The van der Waals surface area contributed by atoms with Crippen molar-refractivity contribution in [3.63, 3.8) is 0 Å². The lowest BCUT2D eigenvalue weighted by molar-refractivity contribution is 0.0462. The van der Waals surface area contributed by atoms with Crippen molar-refractivity contribution in [3.8, 4) is 0 Å². The predicted octanol–water partition coefficient (Wildman–Crippen LogP) is 2.17. The molecule has 1 fully saturated rings. The number of nitrogens with zero attached hydrogens (tertiary/aromatic N) is 1. The molecule has 2 aromatic heterocycles. The Labute approximate surface area is 99.0 Å². The molecule has 0 radical (unpaired) electrons. The molecule has 0 aromatic carbocycles. The summed E-state index contributed by atoms with van der Waals surface area (Å²) >= 11 is 0. The summed E-state index contributed by atoms with van der Waals surface area (Å²) in [6.07, 6.45) is 5.37. The van der Waals surface area contributed by atoms with Gasteiger partial charge in [0.15, 0.2) is 5.78 Å². The van der Waals surface area contributed by atoms with Gasteiger partial charge in [-0.05, 0) is 25.0 Å². The summed E-state index contributed by atoms with van der Waals surface area (Å²) in [6.45, 7) is 1.32. The number of hydrogen-bond donors (Lipinski definition) is 1. The molecule has 0 bridgehead atoms. The smallest absolute Gasteiger partial charge is 0.170 e. The Bertz CT molecular complexity index is 541. The molecule has 0 saturated carbocycles. The zero-order valence-electron chi connectivity index (χ0n) is 9.48. The number of carbonyl (C=O) groups excluding carboxylic acids is 1. The fourth-order valence-corrected chi connectivity index (χ4v) is 2.33. The topological polar surface area (TPSA) is 55.0 Å². The van der Waals surface area contributed by atoms with Gasteiger partial charge in [-0.2, -0.15) is 0 Å². The third kappa shape index (κ3) is 1.85. The monoisotopic (exact) mass is 230 g/mol. The minimum Gasteiger partial charge on any atom is -0.381 e. The zero-order chi connectivity index (χ0) is 11.7. The maximum absolute atomic E-state index is 12.3. The summed E-state index contributed by atoms with van der Waals surface area (Å²) in [5, 5.41) is 0.906. The molecule has 0 spiro atoms. The molecule has 2 aromatic rings. The van der Waals surface area contributed by atoms with E-state index in [2.05, 4.69) is 9.97 Å². The van der Waals surface area contributed by atoms with E-state index in [-0.39, 0.29) is 11.7 Å². The molecule has 1 aliphatic heterocycles. The van der Waals surface area contributed by atoms with Crippen LogP contribution in [0.1, 0.15) is 23.2 Å². The van der Waals surface area contributed by atoms with Gasteiger partial charge in [-0.15, -0.1) is 0 Å². The van der Waals surface area contributed by atoms with E-state index in [4.69, 9.17) is 4.74 Å². The van der Waals surface area contributed by atoms with Gasteiger partial charge in [-0.1, -0.05) is 0 Å². The van der Waals surface area contributed by atoms with Crippen molar-refractivity contribution in [1.82, 2.24) is 9.97 Å². The van der Waals surface area contributed by atoms with Crippen LogP contribution in [-0.4, -0.2) is 29.0 Å². The van der Waals surface area contributed by atoms with Gasteiger partial charge in [-0.25, -0.2) is 4.98 Å². The average Bonchev–Trinajstić information content (AvgIpc) is 2.83. The van der Waals surface area contributed by atoms with Gasteiger partial charge in [0.1, 0.15) is 5.65 Å².